The van der Waals surface area contributed by atoms with Crippen LogP contribution in [0, 0.1) is 12.8 Å². The molecule has 0 bridgehead atoms. The van der Waals surface area contributed by atoms with Crippen molar-refractivity contribution in [1.29, 1.82) is 0 Å². The van der Waals surface area contributed by atoms with Crippen LogP contribution in [0.25, 0.3) is 6.08 Å². The fourth-order valence-electron chi connectivity index (χ4n) is 3.11. The monoisotopic (exact) mass is 416 g/mol. The van der Waals surface area contributed by atoms with Crippen LogP contribution in [-0.4, -0.2) is 22.7 Å². The molecule has 0 radical (unpaired) electrons. The molecule has 1 aliphatic heterocycles. The van der Waals surface area contributed by atoms with Crippen LogP contribution in [0.15, 0.2) is 59.2 Å². The Morgan fingerprint density at radius 3 is 2.23 bits per heavy atom. The number of carboxylic acids is 1. The van der Waals surface area contributed by atoms with Gasteiger partial charge in [0.15, 0.2) is 0 Å². The molecule has 0 aliphatic carbocycles. The smallest absolute Gasteiger partial charge is 0.416 e. The maximum Gasteiger partial charge on any atom is 0.416 e. The zero-order chi connectivity index (χ0) is 22.1. The molecule has 1 unspecified atom stereocenters. The fraction of sp³-hybridized carbons (Fsp3) is 0.227. The van der Waals surface area contributed by atoms with Gasteiger partial charge in [-0.15, -0.1) is 0 Å². The van der Waals surface area contributed by atoms with E-state index in [9.17, 15) is 27.9 Å². The normalized spacial score (nSPS) is 17.3. The summed E-state index contributed by atoms with van der Waals surface area (Å²) in [7, 11) is 0. The average Bonchev–Trinajstić information content (AvgIpc) is 2.96. The fourth-order valence-corrected chi connectivity index (χ4v) is 3.11. The van der Waals surface area contributed by atoms with Crippen molar-refractivity contribution >= 4 is 29.4 Å². The standard InChI is InChI=1S/C22H19F3N2O3/c1-13-3-9-18(10-4-13)27-20(28)19(14(2)26-27)12-16(21(29)30)11-15-5-7-17(8-6-15)22(23,24)25/h3-11,19H,12H2,1-2H3,(H,29,30). The third-order valence-electron chi connectivity index (χ3n) is 4.83. The highest BCUT2D eigenvalue weighted by molar-refractivity contribution is 6.15. The highest BCUT2D eigenvalue weighted by Gasteiger charge is 2.36. The van der Waals surface area contributed by atoms with Gasteiger partial charge in [-0.1, -0.05) is 29.8 Å². The van der Waals surface area contributed by atoms with E-state index in [0.717, 1.165) is 17.7 Å². The van der Waals surface area contributed by atoms with E-state index in [-0.39, 0.29) is 17.9 Å². The molecule has 5 nitrogen and oxygen atoms in total. The molecule has 0 saturated heterocycles. The summed E-state index contributed by atoms with van der Waals surface area (Å²) < 4.78 is 38.1. The minimum atomic E-state index is -4.47. The van der Waals surface area contributed by atoms with Crippen molar-refractivity contribution in [3.8, 4) is 0 Å². The van der Waals surface area contributed by atoms with Gasteiger partial charge in [0.05, 0.1) is 17.2 Å². The first-order chi connectivity index (χ1) is 14.1. The van der Waals surface area contributed by atoms with Crippen LogP contribution in [0.1, 0.15) is 30.0 Å². The molecule has 0 spiro atoms. The van der Waals surface area contributed by atoms with Crippen LogP contribution < -0.4 is 5.01 Å². The average molecular weight is 416 g/mol. The SMILES string of the molecule is CC1=NN(c2ccc(C)cc2)C(=O)C1CC(=Cc1ccc(C(F)(F)F)cc1)C(=O)O. The third kappa shape index (κ3) is 4.59. The molecule has 1 heterocycles. The van der Waals surface area contributed by atoms with Gasteiger partial charge in [-0.3, -0.25) is 4.79 Å². The second kappa shape index (κ2) is 8.14. The highest BCUT2D eigenvalue weighted by Crippen LogP contribution is 2.31. The van der Waals surface area contributed by atoms with Gasteiger partial charge in [0.25, 0.3) is 5.91 Å². The molecule has 3 rings (SSSR count). The van der Waals surface area contributed by atoms with Crippen LogP contribution in [0.2, 0.25) is 0 Å². The number of hydrogen-bond donors (Lipinski definition) is 1. The summed E-state index contributed by atoms with van der Waals surface area (Å²) in [5.74, 6) is -2.36. The summed E-state index contributed by atoms with van der Waals surface area (Å²) in [5.41, 5.74) is 1.47. The number of carbonyl (C=O) groups excluding carboxylic acids is 1. The molecule has 2 aromatic rings. The molecule has 1 amide bonds. The van der Waals surface area contributed by atoms with Gasteiger partial charge in [-0.2, -0.15) is 18.3 Å². The number of benzene rings is 2. The number of hydrazone groups is 1. The lowest BCUT2D eigenvalue weighted by Gasteiger charge is -2.15. The highest BCUT2D eigenvalue weighted by atomic mass is 19.4. The first-order valence-corrected chi connectivity index (χ1v) is 9.13. The molecular formula is C22H19F3N2O3. The minimum absolute atomic E-state index is 0.0894. The Balaban J connectivity index is 1.82. The van der Waals surface area contributed by atoms with E-state index < -0.39 is 23.6 Å². The Bertz CT molecular complexity index is 1020. The van der Waals surface area contributed by atoms with E-state index in [0.29, 0.717) is 17.0 Å². The van der Waals surface area contributed by atoms with Crippen LogP contribution in [0.4, 0.5) is 18.9 Å². The molecule has 0 fully saturated rings. The zero-order valence-corrected chi connectivity index (χ0v) is 16.3. The number of nitrogens with zero attached hydrogens (tertiary/aromatic N) is 2. The van der Waals surface area contributed by atoms with Gasteiger partial charge < -0.3 is 5.11 Å². The first kappa shape index (κ1) is 21.3. The molecular weight excluding hydrogens is 397 g/mol. The van der Waals surface area contributed by atoms with E-state index in [1.54, 1.807) is 19.1 Å². The maximum absolute atomic E-state index is 12.8. The van der Waals surface area contributed by atoms with Crippen LogP contribution in [0.3, 0.4) is 0 Å². The van der Waals surface area contributed by atoms with Gasteiger partial charge in [-0.25, -0.2) is 9.80 Å². The lowest BCUT2D eigenvalue weighted by atomic mass is 9.93. The second-order valence-corrected chi connectivity index (χ2v) is 7.08. The summed E-state index contributed by atoms with van der Waals surface area (Å²) in [6.45, 7) is 3.56. The van der Waals surface area contributed by atoms with Gasteiger partial charge in [-0.05, 0) is 56.2 Å². The van der Waals surface area contributed by atoms with Crippen molar-refractivity contribution in [3.05, 3.63) is 70.8 Å². The zero-order valence-electron chi connectivity index (χ0n) is 16.3. The van der Waals surface area contributed by atoms with Crippen molar-refractivity contribution < 1.29 is 27.9 Å². The molecule has 2 aromatic carbocycles. The van der Waals surface area contributed by atoms with Crippen molar-refractivity contribution in [2.24, 2.45) is 11.0 Å². The lowest BCUT2D eigenvalue weighted by molar-refractivity contribution is -0.137. The molecule has 30 heavy (non-hydrogen) atoms. The van der Waals surface area contributed by atoms with Crippen molar-refractivity contribution in [1.82, 2.24) is 0 Å². The van der Waals surface area contributed by atoms with Gasteiger partial charge in [0.2, 0.25) is 0 Å². The summed E-state index contributed by atoms with van der Waals surface area (Å²) in [4.78, 5) is 24.5. The molecule has 1 N–H and O–H groups in total. The molecule has 0 saturated carbocycles. The molecule has 8 heteroatoms. The number of aliphatic carboxylic acids is 1. The van der Waals surface area contributed by atoms with Crippen LogP contribution in [-0.2, 0) is 15.8 Å². The maximum atomic E-state index is 12.8. The van der Waals surface area contributed by atoms with E-state index in [1.807, 2.05) is 19.1 Å². The minimum Gasteiger partial charge on any atom is -0.478 e. The van der Waals surface area contributed by atoms with E-state index in [2.05, 4.69) is 5.10 Å². The number of halogens is 3. The summed E-state index contributed by atoms with van der Waals surface area (Å²) in [6, 6.07) is 11.4. The number of anilines is 1. The number of alkyl halides is 3. The largest absolute Gasteiger partial charge is 0.478 e. The van der Waals surface area contributed by atoms with Crippen molar-refractivity contribution in [3.63, 3.8) is 0 Å². The molecule has 1 aliphatic rings. The van der Waals surface area contributed by atoms with E-state index >= 15 is 0 Å². The summed E-state index contributed by atoms with van der Waals surface area (Å²) >= 11 is 0. The summed E-state index contributed by atoms with van der Waals surface area (Å²) in [6.07, 6.45) is -3.31. The molecule has 1 atom stereocenters. The predicted molar refractivity (Wildman–Crippen MR) is 107 cm³/mol. The Hall–Kier alpha value is -3.42. The Morgan fingerprint density at radius 2 is 1.70 bits per heavy atom. The number of amides is 1. The van der Waals surface area contributed by atoms with Gasteiger partial charge in [0.1, 0.15) is 0 Å². The lowest BCUT2D eigenvalue weighted by Crippen LogP contribution is -2.28. The van der Waals surface area contributed by atoms with Crippen molar-refractivity contribution in [2.45, 2.75) is 26.4 Å². The van der Waals surface area contributed by atoms with Gasteiger partial charge >= 0.3 is 12.1 Å². The number of carboxylic acid groups (broad SMARTS) is 1. The number of carbonyl (C=O) groups is 2. The van der Waals surface area contributed by atoms with Crippen molar-refractivity contribution in [2.75, 3.05) is 5.01 Å². The number of rotatable bonds is 5. The molecule has 0 aromatic heterocycles. The van der Waals surface area contributed by atoms with E-state index in [1.165, 1.54) is 23.2 Å². The first-order valence-electron chi connectivity index (χ1n) is 9.13. The Labute approximate surface area is 171 Å². The molecule has 156 valence electrons. The number of hydrogen-bond acceptors (Lipinski definition) is 3. The third-order valence-corrected chi connectivity index (χ3v) is 4.83. The van der Waals surface area contributed by atoms with Crippen LogP contribution >= 0.6 is 0 Å². The Morgan fingerprint density at radius 1 is 1.10 bits per heavy atom. The van der Waals surface area contributed by atoms with Crippen LogP contribution in [0.5, 0.6) is 0 Å². The Kier molecular flexibility index (Phi) is 5.78. The topological polar surface area (TPSA) is 70.0 Å². The second-order valence-electron chi connectivity index (χ2n) is 7.08. The number of aryl methyl sites for hydroxylation is 1. The van der Waals surface area contributed by atoms with E-state index in [4.69, 9.17) is 0 Å². The van der Waals surface area contributed by atoms with Gasteiger partial charge in [0, 0.05) is 11.3 Å². The quantitative estimate of drug-likeness (QED) is 0.704. The summed E-state index contributed by atoms with van der Waals surface area (Å²) in [5, 5.41) is 15.1. The predicted octanol–water partition coefficient (Wildman–Crippen LogP) is 4.91.